The molecule has 7 heteroatoms. The maximum Gasteiger partial charge on any atom is 0.311 e. The molecule has 0 aliphatic carbocycles. The molecule has 0 spiro atoms. The van der Waals surface area contributed by atoms with Crippen LogP contribution in [0.2, 0.25) is 0 Å². The Morgan fingerprint density at radius 3 is 1.90 bits per heavy atom. The summed E-state index contributed by atoms with van der Waals surface area (Å²) in [5.74, 6) is 0.396. The molecular formula is C23H29NO6. The number of ether oxygens (including phenoxy) is 4. The lowest BCUT2D eigenvalue weighted by atomic mass is 10.0. The zero-order valence-corrected chi connectivity index (χ0v) is 18.5. The van der Waals surface area contributed by atoms with Crippen LogP contribution >= 0.6 is 0 Å². The molecule has 0 radical (unpaired) electrons. The predicted octanol–water partition coefficient (Wildman–Crippen LogP) is 3.75. The van der Waals surface area contributed by atoms with Gasteiger partial charge in [0.2, 0.25) is 5.75 Å². The molecule has 162 valence electrons. The third-order valence-corrected chi connectivity index (χ3v) is 4.68. The van der Waals surface area contributed by atoms with E-state index in [9.17, 15) is 9.59 Å². The third kappa shape index (κ3) is 5.43. The summed E-state index contributed by atoms with van der Waals surface area (Å²) in [6.07, 6.45) is -0.989. The van der Waals surface area contributed by atoms with Gasteiger partial charge in [0.15, 0.2) is 17.6 Å². The number of hydrogen-bond acceptors (Lipinski definition) is 6. The van der Waals surface area contributed by atoms with Crippen molar-refractivity contribution in [1.29, 1.82) is 0 Å². The lowest BCUT2D eigenvalue weighted by Crippen LogP contribution is -2.31. The number of carbonyl (C=O) groups is 2. The Bertz CT molecular complexity index is 889. The number of carbonyl (C=O) groups excluding carboxylic acids is 2. The van der Waals surface area contributed by atoms with Crippen LogP contribution in [0.1, 0.15) is 29.2 Å². The van der Waals surface area contributed by atoms with Crippen molar-refractivity contribution >= 4 is 17.6 Å². The van der Waals surface area contributed by atoms with Crippen molar-refractivity contribution in [1.82, 2.24) is 0 Å². The van der Waals surface area contributed by atoms with E-state index >= 15 is 0 Å². The Morgan fingerprint density at radius 2 is 1.43 bits per heavy atom. The Morgan fingerprint density at radius 1 is 0.900 bits per heavy atom. The first kappa shape index (κ1) is 23.1. The Balaban J connectivity index is 2.07. The van der Waals surface area contributed by atoms with Crippen molar-refractivity contribution in [3.8, 4) is 17.2 Å². The zero-order chi connectivity index (χ0) is 22.4. The standard InChI is InChI=1S/C23H29NO6/c1-13-8-14(2)21(15(3)9-13)24-23(26)16(4)30-20(25)12-17-10-18(27-5)22(29-7)19(11-17)28-6/h8-11,16H,12H2,1-7H3,(H,24,26)/t16-/m1/s1. The molecule has 0 heterocycles. The number of aryl methyl sites for hydroxylation is 3. The van der Waals surface area contributed by atoms with Crippen molar-refractivity contribution < 1.29 is 28.5 Å². The minimum atomic E-state index is -0.945. The minimum absolute atomic E-state index is 0.0447. The summed E-state index contributed by atoms with van der Waals surface area (Å²) in [6, 6.07) is 7.33. The van der Waals surface area contributed by atoms with Gasteiger partial charge in [0, 0.05) is 5.69 Å². The largest absolute Gasteiger partial charge is 0.493 e. The molecule has 0 unspecified atom stereocenters. The molecule has 0 saturated carbocycles. The first-order valence-corrected chi connectivity index (χ1v) is 9.57. The molecular weight excluding hydrogens is 386 g/mol. The predicted molar refractivity (Wildman–Crippen MR) is 115 cm³/mol. The average molecular weight is 415 g/mol. The molecule has 0 aliphatic rings. The number of hydrogen-bond donors (Lipinski definition) is 1. The summed E-state index contributed by atoms with van der Waals surface area (Å²) in [5.41, 5.74) is 4.38. The van der Waals surface area contributed by atoms with Crippen LogP contribution in [0.4, 0.5) is 5.69 Å². The van der Waals surface area contributed by atoms with Crippen LogP contribution in [0.25, 0.3) is 0 Å². The highest BCUT2D eigenvalue weighted by Gasteiger charge is 2.21. The third-order valence-electron chi connectivity index (χ3n) is 4.68. The Kier molecular flexibility index (Phi) is 7.69. The van der Waals surface area contributed by atoms with Crippen molar-refractivity contribution in [2.75, 3.05) is 26.6 Å². The first-order chi connectivity index (χ1) is 14.2. The minimum Gasteiger partial charge on any atom is -0.493 e. The van der Waals surface area contributed by atoms with Gasteiger partial charge in [-0.3, -0.25) is 9.59 Å². The van der Waals surface area contributed by atoms with Crippen LogP contribution in [-0.4, -0.2) is 39.3 Å². The number of esters is 1. The van der Waals surface area contributed by atoms with Gasteiger partial charge in [0.1, 0.15) is 0 Å². The van der Waals surface area contributed by atoms with Crippen molar-refractivity contribution in [2.24, 2.45) is 0 Å². The van der Waals surface area contributed by atoms with Crippen LogP contribution in [-0.2, 0) is 20.7 Å². The molecule has 1 amide bonds. The van der Waals surface area contributed by atoms with Crippen molar-refractivity contribution in [3.05, 3.63) is 46.5 Å². The monoisotopic (exact) mass is 415 g/mol. The molecule has 0 fully saturated rings. The van der Waals surface area contributed by atoms with E-state index in [4.69, 9.17) is 18.9 Å². The molecule has 0 bridgehead atoms. The fourth-order valence-corrected chi connectivity index (χ4v) is 3.30. The maximum absolute atomic E-state index is 12.5. The van der Waals surface area contributed by atoms with Crippen LogP contribution < -0.4 is 19.5 Å². The van der Waals surface area contributed by atoms with E-state index in [0.717, 1.165) is 22.4 Å². The van der Waals surface area contributed by atoms with Crippen LogP contribution in [0, 0.1) is 20.8 Å². The van der Waals surface area contributed by atoms with E-state index in [1.54, 1.807) is 19.1 Å². The second-order valence-electron chi connectivity index (χ2n) is 7.11. The molecule has 2 aromatic carbocycles. The number of rotatable bonds is 8. The SMILES string of the molecule is COc1cc(CC(=O)O[C@H](C)C(=O)Nc2c(C)cc(C)cc2C)cc(OC)c1OC. The van der Waals surface area contributed by atoms with Gasteiger partial charge in [0.05, 0.1) is 27.8 Å². The highest BCUT2D eigenvalue weighted by molar-refractivity contribution is 5.96. The number of anilines is 1. The number of benzene rings is 2. The van der Waals surface area contributed by atoms with Crippen LogP contribution in [0.3, 0.4) is 0 Å². The molecule has 7 nitrogen and oxygen atoms in total. The molecule has 0 aliphatic heterocycles. The summed E-state index contributed by atoms with van der Waals surface area (Å²) in [5, 5.41) is 2.85. The molecule has 0 saturated heterocycles. The average Bonchev–Trinajstić information content (AvgIpc) is 2.69. The van der Waals surface area contributed by atoms with E-state index in [1.807, 2.05) is 32.9 Å². The smallest absolute Gasteiger partial charge is 0.311 e. The highest BCUT2D eigenvalue weighted by atomic mass is 16.5. The lowest BCUT2D eigenvalue weighted by molar-refractivity contribution is -0.152. The zero-order valence-electron chi connectivity index (χ0n) is 18.5. The van der Waals surface area contributed by atoms with E-state index < -0.39 is 12.1 Å². The molecule has 2 aromatic rings. The maximum atomic E-state index is 12.5. The normalized spacial score (nSPS) is 11.4. The van der Waals surface area contributed by atoms with Gasteiger partial charge >= 0.3 is 5.97 Å². The van der Waals surface area contributed by atoms with Gasteiger partial charge in [0.25, 0.3) is 5.91 Å². The summed E-state index contributed by atoms with van der Waals surface area (Å²) >= 11 is 0. The Hall–Kier alpha value is -3.22. The second-order valence-corrected chi connectivity index (χ2v) is 7.11. The molecule has 1 atom stereocenters. The van der Waals surface area contributed by atoms with E-state index in [1.165, 1.54) is 21.3 Å². The topological polar surface area (TPSA) is 83.1 Å². The summed E-state index contributed by atoms with van der Waals surface area (Å²) < 4.78 is 21.2. The van der Waals surface area contributed by atoms with Gasteiger partial charge in [-0.1, -0.05) is 17.7 Å². The molecule has 30 heavy (non-hydrogen) atoms. The Labute approximate surface area is 177 Å². The van der Waals surface area contributed by atoms with Gasteiger partial charge in [-0.15, -0.1) is 0 Å². The fourth-order valence-electron chi connectivity index (χ4n) is 3.30. The highest BCUT2D eigenvalue weighted by Crippen LogP contribution is 2.38. The molecule has 1 N–H and O–H groups in total. The van der Waals surface area contributed by atoms with Crippen LogP contribution in [0.15, 0.2) is 24.3 Å². The lowest BCUT2D eigenvalue weighted by Gasteiger charge is -2.17. The van der Waals surface area contributed by atoms with Gasteiger partial charge in [-0.2, -0.15) is 0 Å². The molecule has 0 aromatic heterocycles. The van der Waals surface area contributed by atoms with E-state index in [-0.39, 0.29) is 12.3 Å². The van der Waals surface area contributed by atoms with E-state index in [0.29, 0.717) is 22.8 Å². The molecule has 2 rings (SSSR count). The van der Waals surface area contributed by atoms with Crippen molar-refractivity contribution in [3.63, 3.8) is 0 Å². The summed E-state index contributed by atoms with van der Waals surface area (Å²) in [4.78, 5) is 24.9. The van der Waals surface area contributed by atoms with Crippen molar-refractivity contribution in [2.45, 2.75) is 40.2 Å². The van der Waals surface area contributed by atoms with Crippen LogP contribution in [0.5, 0.6) is 17.2 Å². The second kappa shape index (κ2) is 10.0. The van der Waals surface area contributed by atoms with Gasteiger partial charge < -0.3 is 24.3 Å². The van der Waals surface area contributed by atoms with Gasteiger partial charge in [-0.05, 0) is 56.5 Å². The summed E-state index contributed by atoms with van der Waals surface area (Å²) in [6.45, 7) is 7.40. The number of methoxy groups -OCH3 is 3. The fraction of sp³-hybridized carbons (Fsp3) is 0.391. The first-order valence-electron chi connectivity index (χ1n) is 9.57. The quantitative estimate of drug-likeness (QED) is 0.661. The number of amides is 1. The summed E-state index contributed by atoms with van der Waals surface area (Å²) in [7, 11) is 4.51. The van der Waals surface area contributed by atoms with Gasteiger partial charge in [-0.25, -0.2) is 0 Å². The van der Waals surface area contributed by atoms with E-state index in [2.05, 4.69) is 5.32 Å². The number of nitrogens with one attached hydrogen (secondary N) is 1.